The van der Waals surface area contributed by atoms with Crippen LogP contribution in [0.1, 0.15) is 20.8 Å². The lowest BCUT2D eigenvalue weighted by Gasteiger charge is -2.28. The first kappa shape index (κ1) is 14.2. The van der Waals surface area contributed by atoms with E-state index in [2.05, 4.69) is 36.7 Å². The Labute approximate surface area is 110 Å². The number of hydrogen-bond donors (Lipinski definition) is 0. The SMILES string of the molecule is CC(C)(C)C(CBr)CS(=O)(=O)c1cccs1. The molecule has 0 saturated heterocycles. The van der Waals surface area contributed by atoms with Crippen LogP contribution in [0.15, 0.2) is 21.7 Å². The minimum Gasteiger partial charge on any atom is -0.223 e. The summed E-state index contributed by atoms with van der Waals surface area (Å²) in [4.78, 5) is 0. The number of thiophene rings is 1. The van der Waals surface area contributed by atoms with Gasteiger partial charge in [0.05, 0.1) is 5.75 Å². The van der Waals surface area contributed by atoms with Crippen molar-refractivity contribution in [3.63, 3.8) is 0 Å². The number of rotatable bonds is 4. The molecule has 0 N–H and O–H groups in total. The summed E-state index contributed by atoms with van der Waals surface area (Å²) in [5, 5.41) is 2.51. The maximum atomic E-state index is 12.1. The van der Waals surface area contributed by atoms with Gasteiger partial charge in [-0.2, -0.15) is 0 Å². The third kappa shape index (κ3) is 3.57. The molecular formula is C11H17BrO2S2. The van der Waals surface area contributed by atoms with Crippen molar-refractivity contribution in [3.8, 4) is 0 Å². The van der Waals surface area contributed by atoms with Gasteiger partial charge in [-0.1, -0.05) is 42.8 Å². The zero-order valence-electron chi connectivity index (χ0n) is 9.73. The van der Waals surface area contributed by atoms with E-state index in [4.69, 9.17) is 0 Å². The van der Waals surface area contributed by atoms with Crippen LogP contribution in [-0.2, 0) is 9.84 Å². The normalized spacial score (nSPS) is 15.0. The summed E-state index contributed by atoms with van der Waals surface area (Å²) in [6.45, 7) is 6.22. The van der Waals surface area contributed by atoms with E-state index in [1.54, 1.807) is 17.5 Å². The van der Waals surface area contributed by atoms with Crippen LogP contribution in [0.5, 0.6) is 0 Å². The lowest BCUT2D eigenvalue weighted by molar-refractivity contribution is 0.291. The molecule has 92 valence electrons. The second-order valence-electron chi connectivity index (χ2n) is 4.93. The molecule has 0 aromatic carbocycles. The molecule has 0 bridgehead atoms. The number of alkyl halides is 1. The quantitative estimate of drug-likeness (QED) is 0.793. The highest BCUT2D eigenvalue weighted by atomic mass is 79.9. The summed E-state index contributed by atoms with van der Waals surface area (Å²) >= 11 is 4.70. The van der Waals surface area contributed by atoms with E-state index in [1.807, 2.05) is 0 Å². The molecule has 1 aromatic heterocycles. The van der Waals surface area contributed by atoms with E-state index in [1.165, 1.54) is 11.3 Å². The molecule has 0 radical (unpaired) electrons. The Morgan fingerprint density at radius 3 is 2.44 bits per heavy atom. The summed E-state index contributed by atoms with van der Waals surface area (Å²) in [7, 11) is -3.12. The van der Waals surface area contributed by atoms with Crippen LogP contribution in [0.4, 0.5) is 0 Å². The third-order valence-electron chi connectivity index (χ3n) is 2.63. The van der Waals surface area contributed by atoms with Crippen LogP contribution in [0, 0.1) is 11.3 Å². The fourth-order valence-corrected chi connectivity index (χ4v) is 5.82. The minimum atomic E-state index is -3.12. The second-order valence-corrected chi connectivity index (χ2v) is 8.79. The first-order chi connectivity index (χ1) is 7.27. The van der Waals surface area contributed by atoms with Gasteiger partial charge < -0.3 is 0 Å². The van der Waals surface area contributed by atoms with E-state index in [9.17, 15) is 8.42 Å². The molecule has 0 saturated carbocycles. The fourth-order valence-electron chi connectivity index (χ4n) is 1.31. The topological polar surface area (TPSA) is 34.1 Å². The van der Waals surface area contributed by atoms with E-state index >= 15 is 0 Å². The summed E-state index contributed by atoms with van der Waals surface area (Å²) in [5.41, 5.74) is -0.00612. The van der Waals surface area contributed by atoms with Crippen molar-refractivity contribution in [2.45, 2.75) is 25.0 Å². The fraction of sp³-hybridized carbons (Fsp3) is 0.636. The monoisotopic (exact) mass is 324 g/mol. The van der Waals surface area contributed by atoms with Gasteiger partial charge in [0.2, 0.25) is 0 Å². The third-order valence-corrected chi connectivity index (χ3v) is 6.72. The van der Waals surface area contributed by atoms with Crippen molar-refractivity contribution >= 4 is 37.1 Å². The van der Waals surface area contributed by atoms with Gasteiger partial charge in [0.15, 0.2) is 9.84 Å². The summed E-state index contributed by atoms with van der Waals surface area (Å²) in [6, 6.07) is 3.45. The van der Waals surface area contributed by atoms with Gasteiger partial charge >= 0.3 is 0 Å². The van der Waals surface area contributed by atoms with E-state index < -0.39 is 9.84 Å². The van der Waals surface area contributed by atoms with Gasteiger partial charge in [-0.3, -0.25) is 0 Å². The van der Waals surface area contributed by atoms with Crippen LogP contribution in [0.2, 0.25) is 0 Å². The number of sulfone groups is 1. The molecule has 0 aliphatic rings. The Morgan fingerprint density at radius 1 is 1.44 bits per heavy atom. The molecule has 1 unspecified atom stereocenters. The van der Waals surface area contributed by atoms with Crippen molar-refractivity contribution in [3.05, 3.63) is 17.5 Å². The van der Waals surface area contributed by atoms with Gasteiger partial charge in [0, 0.05) is 5.33 Å². The van der Waals surface area contributed by atoms with Gasteiger partial charge in [-0.15, -0.1) is 11.3 Å². The van der Waals surface area contributed by atoms with E-state index in [0.717, 1.165) is 0 Å². The largest absolute Gasteiger partial charge is 0.223 e. The number of hydrogen-bond acceptors (Lipinski definition) is 3. The Balaban J connectivity index is 2.88. The molecule has 0 aliphatic heterocycles. The molecule has 0 aliphatic carbocycles. The Morgan fingerprint density at radius 2 is 2.06 bits per heavy atom. The molecule has 0 amide bonds. The van der Waals surface area contributed by atoms with Crippen molar-refractivity contribution in [2.75, 3.05) is 11.1 Å². The van der Waals surface area contributed by atoms with Crippen LogP contribution in [-0.4, -0.2) is 19.5 Å². The zero-order valence-corrected chi connectivity index (χ0v) is 13.0. The second kappa shape index (κ2) is 5.19. The average Bonchev–Trinajstić information content (AvgIpc) is 2.65. The average molecular weight is 325 g/mol. The Kier molecular flexibility index (Phi) is 4.60. The lowest BCUT2D eigenvalue weighted by atomic mass is 9.83. The van der Waals surface area contributed by atoms with Gasteiger partial charge in [0.25, 0.3) is 0 Å². The van der Waals surface area contributed by atoms with Crippen molar-refractivity contribution < 1.29 is 8.42 Å². The molecule has 2 nitrogen and oxygen atoms in total. The molecule has 1 rings (SSSR count). The first-order valence-corrected chi connectivity index (χ1v) is 8.75. The summed E-state index contributed by atoms with van der Waals surface area (Å²) < 4.78 is 24.7. The standard InChI is InChI=1S/C11H17BrO2S2/c1-11(2,3)9(7-12)8-16(13,14)10-5-4-6-15-10/h4-6,9H,7-8H2,1-3H3. The minimum absolute atomic E-state index is 0.00612. The smallest absolute Gasteiger partial charge is 0.188 e. The van der Waals surface area contributed by atoms with Crippen molar-refractivity contribution in [2.24, 2.45) is 11.3 Å². The predicted octanol–water partition coefficient (Wildman–Crippen LogP) is 3.58. The van der Waals surface area contributed by atoms with Gasteiger partial charge in [-0.05, 0) is 22.8 Å². The summed E-state index contributed by atoms with van der Waals surface area (Å²) in [5.74, 6) is 0.335. The van der Waals surface area contributed by atoms with Crippen molar-refractivity contribution in [1.29, 1.82) is 0 Å². The van der Waals surface area contributed by atoms with Crippen LogP contribution in [0.25, 0.3) is 0 Å². The maximum absolute atomic E-state index is 12.1. The molecule has 5 heteroatoms. The maximum Gasteiger partial charge on any atom is 0.188 e. The van der Waals surface area contributed by atoms with E-state index in [0.29, 0.717) is 9.54 Å². The highest BCUT2D eigenvalue weighted by Gasteiger charge is 2.29. The molecule has 16 heavy (non-hydrogen) atoms. The first-order valence-electron chi connectivity index (χ1n) is 5.09. The molecule has 1 aromatic rings. The molecule has 1 heterocycles. The summed E-state index contributed by atoms with van der Waals surface area (Å²) in [6.07, 6.45) is 0. The Hall–Kier alpha value is 0.130. The zero-order chi connectivity index (χ0) is 12.4. The lowest BCUT2D eigenvalue weighted by Crippen LogP contribution is -2.29. The molecular weight excluding hydrogens is 308 g/mol. The molecule has 1 atom stereocenters. The van der Waals surface area contributed by atoms with E-state index in [-0.39, 0.29) is 17.1 Å². The van der Waals surface area contributed by atoms with Crippen LogP contribution in [0.3, 0.4) is 0 Å². The predicted molar refractivity (Wildman–Crippen MR) is 73.1 cm³/mol. The van der Waals surface area contributed by atoms with Crippen molar-refractivity contribution in [1.82, 2.24) is 0 Å². The Bertz CT molecular complexity index is 415. The van der Waals surface area contributed by atoms with Crippen LogP contribution >= 0.6 is 27.3 Å². The molecule has 0 fully saturated rings. The highest BCUT2D eigenvalue weighted by molar-refractivity contribution is 9.09. The number of halogens is 1. The molecule has 0 spiro atoms. The van der Waals surface area contributed by atoms with Gasteiger partial charge in [0.1, 0.15) is 4.21 Å². The highest BCUT2D eigenvalue weighted by Crippen LogP contribution is 2.31. The van der Waals surface area contributed by atoms with Crippen LogP contribution < -0.4 is 0 Å². The van der Waals surface area contributed by atoms with Gasteiger partial charge in [-0.25, -0.2) is 8.42 Å².